The Hall–Kier alpha value is -3.26. The zero-order valence-corrected chi connectivity index (χ0v) is 19.4. The summed E-state index contributed by atoms with van der Waals surface area (Å²) in [5.74, 6) is -5.71. The molecule has 0 radical (unpaired) electrons. The van der Waals surface area contributed by atoms with Crippen LogP contribution in [-0.4, -0.2) is 64.2 Å². The lowest BCUT2D eigenvalue weighted by atomic mass is 10.1. The second-order valence-corrected chi connectivity index (χ2v) is 8.25. The summed E-state index contributed by atoms with van der Waals surface area (Å²) in [6.45, 7) is 5.95. The molecule has 0 saturated carbocycles. The predicted molar refractivity (Wildman–Crippen MR) is 122 cm³/mol. The molecule has 0 bridgehead atoms. The Morgan fingerprint density at radius 2 is 1.97 bits per heavy atom. The molecule has 0 unspecified atom stereocenters. The number of benzene rings is 2. The summed E-state index contributed by atoms with van der Waals surface area (Å²) in [5.41, 5.74) is 2.20. The number of hydrogen-bond acceptors (Lipinski definition) is 9. The van der Waals surface area contributed by atoms with Crippen molar-refractivity contribution in [2.24, 2.45) is 0 Å². The third kappa shape index (κ3) is 5.53. The number of hydroxylamine groups is 1. The van der Waals surface area contributed by atoms with Crippen LogP contribution in [0.5, 0.6) is 5.88 Å². The molecule has 35 heavy (non-hydrogen) atoms. The first kappa shape index (κ1) is 24.9. The van der Waals surface area contributed by atoms with Crippen LogP contribution < -0.4 is 15.5 Å². The largest absolute Gasteiger partial charge is 0.474 e. The Bertz CT molecular complexity index is 1220. The SMILES string of the molecule is Cc1cc(-c2nsnc2OCCN2CCOCC2)ccc1Nc1c(C(=O)NO)cc(F)c(F)c1F. The lowest BCUT2D eigenvalue weighted by Crippen LogP contribution is -2.38. The molecule has 0 aliphatic carbocycles. The quantitative estimate of drug-likeness (QED) is 0.241. The van der Waals surface area contributed by atoms with E-state index in [0.29, 0.717) is 54.3 Å². The summed E-state index contributed by atoms with van der Waals surface area (Å²) in [5, 5.41) is 11.5. The van der Waals surface area contributed by atoms with Gasteiger partial charge in [-0.25, -0.2) is 18.7 Å². The number of morpholine rings is 1. The highest BCUT2D eigenvalue weighted by atomic mass is 32.1. The molecule has 1 aliphatic rings. The smallest absolute Gasteiger partial charge is 0.276 e. The molecular formula is C22H22F3N5O4S. The molecule has 3 N–H and O–H groups in total. The molecule has 13 heteroatoms. The maximum Gasteiger partial charge on any atom is 0.276 e. The van der Waals surface area contributed by atoms with Crippen LogP contribution in [0.4, 0.5) is 24.5 Å². The van der Waals surface area contributed by atoms with E-state index in [9.17, 15) is 18.0 Å². The monoisotopic (exact) mass is 509 g/mol. The summed E-state index contributed by atoms with van der Waals surface area (Å²) in [6, 6.07) is 5.47. The standard InChI is InChI=1S/C22H22F3N5O4S/c1-12-10-13(19-22(29-35-28-19)34-9-6-30-4-7-33-8-5-30)2-3-16(12)26-20-14(21(31)27-32)11-15(23)17(24)18(20)25/h2-3,10-11,26,32H,4-9H2,1H3,(H,27,31). The van der Waals surface area contributed by atoms with Crippen LogP contribution in [0.3, 0.4) is 0 Å². The number of aromatic nitrogens is 2. The summed E-state index contributed by atoms with van der Waals surface area (Å²) >= 11 is 1.00. The van der Waals surface area contributed by atoms with Gasteiger partial charge in [-0.15, -0.1) is 4.37 Å². The van der Waals surface area contributed by atoms with Gasteiger partial charge in [0.1, 0.15) is 12.3 Å². The van der Waals surface area contributed by atoms with E-state index in [2.05, 4.69) is 19.0 Å². The number of nitrogens with zero attached hydrogens (tertiary/aromatic N) is 3. The number of carbonyl (C=O) groups is 1. The minimum atomic E-state index is -1.75. The summed E-state index contributed by atoms with van der Waals surface area (Å²) in [7, 11) is 0. The average Bonchev–Trinajstić information content (AvgIpc) is 3.34. The van der Waals surface area contributed by atoms with Gasteiger partial charge in [0.05, 0.1) is 36.2 Å². The minimum Gasteiger partial charge on any atom is -0.474 e. The van der Waals surface area contributed by atoms with E-state index in [-0.39, 0.29) is 0 Å². The molecule has 1 aliphatic heterocycles. The van der Waals surface area contributed by atoms with Crippen LogP contribution in [0.2, 0.25) is 0 Å². The summed E-state index contributed by atoms with van der Waals surface area (Å²) in [4.78, 5) is 14.1. The van der Waals surface area contributed by atoms with Crippen LogP contribution in [0.1, 0.15) is 15.9 Å². The lowest BCUT2D eigenvalue weighted by Gasteiger charge is -2.26. The van der Waals surface area contributed by atoms with Crippen molar-refractivity contribution in [1.82, 2.24) is 19.1 Å². The fraction of sp³-hybridized carbons (Fsp3) is 0.318. The fourth-order valence-corrected chi connectivity index (χ4v) is 4.11. The zero-order chi connectivity index (χ0) is 24.9. The second kappa shape index (κ2) is 11.0. The van der Waals surface area contributed by atoms with Gasteiger partial charge in [-0.3, -0.25) is 14.9 Å². The molecule has 1 aromatic heterocycles. The molecule has 1 saturated heterocycles. The van der Waals surface area contributed by atoms with Crippen LogP contribution in [0, 0.1) is 24.4 Å². The van der Waals surface area contributed by atoms with Crippen molar-refractivity contribution in [1.29, 1.82) is 0 Å². The van der Waals surface area contributed by atoms with Crippen molar-refractivity contribution in [2.75, 3.05) is 44.8 Å². The van der Waals surface area contributed by atoms with Gasteiger partial charge in [0.15, 0.2) is 17.5 Å². The Morgan fingerprint density at radius 1 is 1.20 bits per heavy atom. The molecule has 4 rings (SSSR count). The number of halogens is 3. The first-order valence-electron chi connectivity index (χ1n) is 10.6. The molecule has 2 aromatic carbocycles. The van der Waals surface area contributed by atoms with E-state index in [4.69, 9.17) is 14.7 Å². The third-order valence-corrected chi connectivity index (χ3v) is 5.99. The van der Waals surface area contributed by atoms with Gasteiger partial charge in [-0.1, -0.05) is 6.07 Å². The topological polar surface area (TPSA) is 109 Å². The molecule has 186 valence electrons. The van der Waals surface area contributed by atoms with Gasteiger partial charge in [-0.2, -0.15) is 4.37 Å². The number of nitrogens with one attached hydrogen (secondary N) is 2. The molecular weight excluding hydrogens is 487 g/mol. The van der Waals surface area contributed by atoms with Crippen LogP contribution >= 0.6 is 11.7 Å². The molecule has 9 nitrogen and oxygen atoms in total. The fourth-order valence-electron chi connectivity index (χ4n) is 3.59. The second-order valence-electron chi connectivity index (χ2n) is 7.73. The number of rotatable bonds is 8. The Balaban J connectivity index is 1.52. The van der Waals surface area contributed by atoms with Crippen molar-refractivity contribution >= 4 is 29.0 Å². The molecule has 0 spiro atoms. The minimum absolute atomic E-state index is 0.323. The van der Waals surface area contributed by atoms with Gasteiger partial charge in [0.2, 0.25) is 0 Å². The highest BCUT2D eigenvalue weighted by Crippen LogP contribution is 2.33. The van der Waals surface area contributed by atoms with Gasteiger partial charge in [0.25, 0.3) is 11.8 Å². The number of amides is 1. The number of anilines is 2. The maximum absolute atomic E-state index is 14.5. The third-order valence-electron chi connectivity index (χ3n) is 5.48. The summed E-state index contributed by atoms with van der Waals surface area (Å²) in [6.07, 6.45) is 0. The first-order chi connectivity index (χ1) is 16.9. The van der Waals surface area contributed by atoms with E-state index in [1.807, 2.05) is 0 Å². The zero-order valence-electron chi connectivity index (χ0n) is 18.6. The molecule has 1 fully saturated rings. The van der Waals surface area contributed by atoms with E-state index >= 15 is 0 Å². The normalized spacial score (nSPS) is 14.1. The number of hydrogen-bond donors (Lipinski definition) is 3. The molecule has 0 atom stereocenters. The van der Waals surface area contributed by atoms with Gasteiger partial charge < -0.3 is 14.8 Å². The lowest BCUT2D eigenvalue weighted by molar-refractivity contribution is 0.0321. The Kier molecular flexibility index (Phi) is 7.80. The number of ether oxygens (including phenoxy) is 2. The van der Waals surface area contributed by atoms with Crippen LogP contribution in [-0.2, 0) is 4.74 Å². The highest BCUT2D eigenvalue weighted by Gasteiger charge is 2.23. The molecule has 1 amide bonds. The van der Waals surface area contributed by atoms with Crippen molar-refractivity contribution in [3.05, 3.63) is 52.8 Å². The van der Waals surface area contributed by atoms with Crippen molar-refractivity contribution in [2.45, 2.75) is 6.92 Å². The maximum atomic E-state index is 14.5. The Labute approximate surface area is 202 Å². The number of carbonyl (C=O) groups excluding carboxylic acids is 1. The average molecular weight is 510 g/mol. The van der Waals surface area contributed by atoms with Crippen molar-refractivity contribution < 1.29 is 32.6 Å². The van der Waals surface area contributed by atoms with E-state index in [0.717, 1.165) is 31.4 Å². The number of aryl methyl sites for hydroxylation is 1. The van der Waals surface area contributed by atoms with Crippen LogP contribution in [0.15, 0.2) is 24.3 Å². The van der Waals surface area contributed by atoms with E-state index in [1.165, 1.54) is 5.48 Å². The predicted octanol–water partition coefficient (Wildman–Crippen LogP) is 3.50. The molecule has 3 aromatic rings. The van der Waals surface area contributed by atoms with Crippen molar-refractivity contribution in [3.63, 3.8) is 0 Å². The van der Waals surface area contributed by atoms with Crippen LogP contribution in [0.25, 0.3) is 11.3 Å². The first-order valence-corrected chi connectivity index (χ1v) is 11.4. The van der Waals surface area contributed by atoms with Gasteiger partial charge in [0, 0.05) is 30.9 Å². The molecule has 2 heterocycles. The van der Waals surface area contributed by atoms with Crippen molar-refractivity contribution in [3.8, 4) is 17.1 Å². The van der Waals surface area contributed by atoms with E-state index < -0.39 is 34.6 Å². The van der Waals surface area contributed by atoms with Gasteiger partial charge >= 0.3 is 0 Å². The van der Waals surface area contributed by atoms with Gasteiger partial charge in [-0.05, 0) is 30.7 Å². The summed E-state index contributed by atoms with van der Waals surface area (Å²) < 4.78 is 61.6. The Morgan fingerprint density at radius 3 is 2.69 bits per heavy atom. The highest BCUT2D eigenvalue weighted by molar-refractivity contribution is 6.99. The van der Waals surface area contributed by atoms with E-state index in [1.54, 1.807) is 25.1 Å².